The van der Waals surface area contributed by atoms with E-state index in [1.54, 1.807) is 12.1 Å². The molecule has 1 fully saturated rings. The first kappa shape index (κ1) is 22.1. The quantitative estimate of drug-likeness (QED) is 0.616. The van der Waals surface area contributed by atoms with E-state index >= 15 is 0 Å². The molecule has 6 nitrogen and oxygen atoms in total. The van der Waals surface area contributed by atoms with Crippen LogP contribution in [0.4, 0.5) is 11.5 Å². The molecular weight excluding hydrogens is 424 g/mol. The summed E-state index contributed by atoms with van der Waals surface area (Å²) in [6.07, 6.45) is 2.39. The fourth-order valence-corrected chi connectivity index (χ4v) is 4.15. The number of halogens is 1. The molecule has 0 atom stereocenters. The fraction of sp³-hybridized carbons (Fsp3) is 0.320. The summed E-state index contributed by atoms with van der Waals surface area (Å²) in [5, 5.41) is 8.26. The molecule has 1 aliphatic heterocycles. The first-order valence-electron chi connectivity index (χ1n) is 11.0. The summed E-state index contributed by atoms with van der Waals surface area (Å²) in [5.41, 5.74) is 3.43. The van der Waals surface area contributed by atoms with E-state index in [1.165, 1.54) is 10.2 Å². The first-order valence-corrected chi connectivity index (χ1v) is 11.3. The normalized spacial score (nSPS) is 14.4. The number of nitrogens with zero attached hydrogens (tertiary/aromatic N) is 3. The molecule has 3 aromatic rings. The predicted molar refractivity (Wildman–Crippen MR) is 129 cm³/mol. The third-order valence-electron chi connectivity index (χ3n) is 6.09. The number of carbonyl (C=O) groups is 1. The van der Waals surface area contributed by atoms with Gasteiger partial charge in [-0.15, -0.1) is 5.10 Å². The molecule has 0 aliphatic carbocycles. The molecule has 0 bridgehead atoms. The molecule has 4 rings (SSSR count). The second kappa shape index (κ2) is 9.57. The largest absolute Gasteiger partial charge is 0.355 e. The molecule has 1 N–H and O–H groups in total. The van der Waals surface area contributed by atoms with Gasteiger partial charge in [0.25, 0.3) is 5.56 Å². The van der Waals surface area contributed by atoms with Crippen LogP contribution in [0.25, 0.3) is 5.69 Å². The average molecular weight is 451 g/mol. The van der Waals surface area contributed by atoms with Crippen LogP contribution in [-0.2, 0) is 11.2 Å². The molecule has 32 heavy (non-hydrogen) atoms. The Balaban J connectivity index is 1.43. The standard InChI is InChI=1S/C25H27ClN4O2/c1-3-18-7-9-20(10-8-18)30-24(31)12-11-23(28-30)29-15-13-19(14-16-29)25(32)27-22-6-4-5-21(26)17(22)2/h4-12,19H,3,13-16H2,1-2H3,(H,27,32). The third-order valence-corrected chi connectivity index (χ3v) is 6.50. The lowest BCUT2D eigenvalue weighted by molar-refractivity contribution is -0.120. The second-order valence-corrected chi connectivity index (χ2v) is 8.53. The molecule has 0 unspecified atom stereocenters. The molecule has 1 saturated heterocycles. The highest BCUT2D eigenvalue weighted by Crippen LogP contribution is 2.26. The predicted octanol–water partition coefficient (Wildman–Crippen LogP) is 4.61. The molecule has 7 heteroatoms. The third kappa shape index (κ3) is 4.70. The highest BCUT2D eigenvalue weighted by molar-refractivity contribution is 6.31. The topological polar surface area (TPSA) is 67.2 Å². The molecular formula is C25H27ClN4O2. The van der Waals surface area contributed by atoms with Gasteiger partial charge in [-0.05, 0) is 67.6 Å². The van der Waals surface area contributed by atoms with Gasteiger partial charge in [-0.2, -0.15) is 4.68 Å². The van der Waals surface area contributed by atoms with Gasteiger partial charge in [-0.3, -0.25) is 9.59 Å². The van der Waals surface area contributed by atoms with Crippen molar-refractivity contribution in [3.63, 3.8) is 0 Å². The average Bonchev–Trinajstić information content (AvgIpc) is 2.82. The lowest BCUT2D eigenvalue weighted by Crippen LogP contribution is -2.39. The van der Waals surface area contributed by atoms with Crippen molar-refractivity contribution in [2.24, 2.45) is 5.92 Å². The number of amides is 1. The Labute approximate surface area is 192 Å². The SMILES string of the molecule is CCc1ccc(-n2nc(N3CCC(C(=O)Nc4cccc(Cl)c4C)CC3)ccc2=O)cc1. The van der Waals surface area contributed by atoms with E-state index in [1.807, 2.05) is 49.4 Å². The molecule has 1 amide bonds. The van der Waals surface area contributed by atoms with Gasteiger partial charge < -0.3 is 10.2 Å². The van der Waals surface area contributed by atoms with Gasteiger partial charge in [-0.25, -0.2) is 0 Å². The maximum atomic E-state index is 12.8. The van der Waals surface area contributed by atoms with Crippen molar-refractivity contribution in [3.8, 4) is 5.69 Å². The highest BCUT2D eigenvalue weighted by Gasteiger charge is 2.26. The lowest BCUT2D eigenvalue weighted by Gasteiger charge is -2.32. The number of carbonyl (C=O) groups excluding carboxylic acids is 1. The first-order chi connectivity index (χ1) is 15.5. The Morgan fingerprint density at radius 2 is 1.81 bits per heavy atom. The zero-order valence-corrected chi connectivity index (χ0v) is 19.1. The lowest BCUT2D eigenvalue weighted by atomic mass is 9.95. The molecule has 2 aromatic carbocycles. The van der Waals surface area contributed by atoms with Crippen molar-refractivity contribution in [1.29, 1.82) is 0 Å². The Morgan fingerprint density at radius 3 is 2.50 bits per heavy atom. The summed E-state index contributed by atoms with van der Waals surface area (Å²) in [6.45, 7) is 5.40. The maximum Gasteiger partial charge on any atom is 0.271 e. The van der Waals surface area contributed by atoms with Crippen LogP contribution in [0.1, 0.15) is 30.9 Å². The molecule has 0 spiro atoms. The number of rotatable bonds is 5. The number of anilines is 2. The summed E-state index contributed by atoms with van der Waals surface area (Å²) < 4.78 is 1.44. The van der Waals surface area contributed by atoms with Gasteiger partial charge in [0, 0.05) is 35.8 Å². The van der Waals surface area contributed by atoms with Gasteiger partial charge in [0.05, 0.1) is 5.69 Å². The smallest absolute Gasteiger partial charge is 0.271 e. The summed E-state index contributed by atoms with van der Waals surface area (Å²) in [4.78, 5) is 27.3. The molecule has 0 radical (unpaired) electrons. The van der Waals surface area contributed by atoms with E-state index in [0.29, 0.717) is 18.1 Å². The summed E-state index contributed by atoms with van der Waals surface area (Å²) in [7, 11) is 0. The Hall–Kier alpha value is -3.12. The minimum Gasteiger partial charge on any atom is -0.355 e. The summed E-state index contributed by atoms with van der Waals surface area (Å²) >= 11 is 6.16. The van der Waals surface area contributed by atoms with E-state index in [9.17, 15) is 9.59 Å². The highest BCUT2D eigenvalue weighted by atomic mass is 35.5. The number of aryl methyl sites for hydroxylation is 1. The van der Waals surface area contributed by atoms with Crippen LogP contribution < -0.4 is 15.8 Å². The number of hydrogen-bond donors (Lipinski definition) is 1. The van der Waals surface area contributed by atoms with Crippen molar-refractivity contribution >= 4 is 29.0 Å². The van der Waals surface area contributed by atoms with Crippen LogP contribution in [0.15, 0.2) is 59.4 Å². The van der Waals surface area contributed by atoms with Crippen LogP contribution in [-0.4, -0.2) is 28.8 Å². The van der Waals surface area contributed by atoms with E-state index in [-0.39, 0.29) is 17.4 Å². The van der Waals surface area contributed by atoms with Gasteiger partial charge >= 0.3 is 0 Å². The van der Waals surface area contributed by atoms with Gasteiger partial charge in [0.2, 0.25) is 5.91 Å². The number of benzene rings is 2. The number of piperidine rings is 1. The molecule has 1 aromatic heterocycles. The van der Waals surface area contributed by atoms with Crippen LogP contribution >= 0.6 is 11.6 Å². The zero-order valence-electron chi connectivity index (χ0n) is 18.3. The maximum absolute atomic E-state index is 12.8. The van der Waals surface area contributed by atoms with Gasteiger partial charge in [-0.1, -0.05) is 36.7 Å². The summed E-state index contributed by atoms with van der Waals surface area (Å²) in [5.74, 6) is 0.690. The van der Waals surface area contributed by atoms with Crippen molar-refractivity contribution < 1.29 is 4.79 Å². The summed E-state index contributed by atoms with van der Waals surface area (Å²) in [6, 6.07) is 16.7. The molecule has 166 valence electrons. The van der Waals surface area contributed by atoms with E-state index < -0.39 is 0 Å². The van der Waals surface area contributed by atoms with Crippen molar-refractivity contribution in [2.45, 2.75) is 33.1 Å². The number of nitrogens with one attached hydrogen (secondary N) is 1. The van der Waals surface area contributed by atoms with Crippen LogP contribution in [0.5, 0.6) is 0 Å². The molecule has 2 heterocycles. The monoisotopic (exact) mass is 450 g/mol. The van der Waals surface area contributed by atoms with Crippen LogP contribution in [0.2, 0.25) is 5.02 Å². The number of aromatic nitrogens is 2. The minimum atomic E-state index is -0.163. The van der Waals surface area contributed by atoms with E-state index in [4.69, 9.17) is 11.6 Å². The van der Waals surface area contributed by atoms with Gasteiger partial charge in [0.1, 0.15) is 5.82 Å². The Morgan fingerprint density at radius 1 is 1.09 bits per heavy atom. The van der Waals surface area contributed by atoms with Crippen molar-refractivity contribution in [1.82, 2.24) is 9.78 Å². The van der Waals surface area contributed by atoms with Crippen molar-refractivity contribution in [3.05, 3.63) is 81.1 Å². The Bertz CT molecular complexity index is 1170. The van der Waals surface area contributed by atoms with Crippen LogP contribution in [0, 0.1) is 12.8 Å². The van der Waals surface area contributed by atoms with Gasteiger partial charge in [0.15, 0.2) is 0 Å². The minimum absolute atomic E-state index is 0.0176. The zero-order chi connectivity index (χ0) is 22.7. The fourth-order valence-electron chi connectivity index (χ4n) is 3.98. The molecule has 0 saturated carbocycles. The Kier molecular flexibility index (Phi) is 6.61. The van der Waals surface area contributed by atoms with Crippen LogP contribution in [0.3, 0.4) is 0 Å². The second-order valence-electron chi connectivity index (χ2n) is 8.12. The van der Waals surface area contributed by atoms with E-state index in [0.717, 1.165) is 42.0 Å². The number of hydrogen-bond acceptors (Lipinski definition) is 4. The van der Waals surface area contributed by atoms with Crippen molar-refractivity contribution in [2.75, 3.05) is 23.3 Å². The molecule has 1 aliphatic rings. The van der Waals surface area contributed by atoms with E-state index in [2.05, 4.69) is 22.2 Å².